The predicted octanol–water partition coefficient (Wildman–Crippen LogP) is 4.74. The average Bonchev–Trinajstić information content (AvgIpc) is 3.40. The van der Waals surface area contributed by atoms with Gasteiger partial charge >= 0.3 is 0 Å². The monoisotopic (exact) mass is 455 g/mol. The van der Waals surface area contributed by atoms with Crippen LogP contribution in [0.3, 0.4) is 0 Å². The Morgan fingerprint density at radius 2 is 1.97 bits per heavy atom. The van der Waals surface area contributed by atoms with E-state index in [4.69, 9.17) is 25.6 Å². The summed E-state index contributed by atoms with van der Waals surface area (Å²) >= 11 is 5.94. The van der Waals surface area contributed by atoms with Crippen LogP contribution in [-0.2, 0) is 11.2 Å². The van der Waals surface area contributed by atoms with Crippen LogP contribution in [0.1, 0.15) is 37.6 Å². The van der Waals surface area contributed by atoms with Crippen LogP contribution in [0.4, 0.5) is 0 Å². The van der Waals surface area contributed by atoms with Crippen LogP contribution in [0.2, 0.25) is 5.02 Å². The molecule has 2 heterocycles. The molecule has 7 nitrogen and oxygen atoms in total. The first-order chi connectivity index (χ1) is 15.4. The van der Waals surface area contributed by atoms with E-state index in [1.807, 2.05) is 61.2 Å². The minimum absolute atomic E-state index is 0.0362. The fourth-order valence-electron chi connectivity index (χ4n) is 3.75. The Labute approximate surface area is 192 Å². The molecule has 168 valence electrons. The van der Waals surface area contributed by atoms with Crippen LogP contribution in [0.5, 0.6) is 11.5 Å². The highest BCUT2D eigenvalue weighted by atomic mass is 35.5. The number of ether oxygens (including phenoxy) is 2. The summed E-state index contributed by atoms with van der Waals surface area (Å²) in [6.07, 6.45) is 1.18. The molecule has 1 aliphatic heterocycles. The SMILES string of the molecule is COc1cc(-c2noc(C3CC(=O)N(CCc4ccc(Cl)cc4)C3)n2)ccc1OC(C)C. The van der Waals surface area contributed by atoms with Gasteiger partial charge in [-0.1, -0.05) is 28.9 Å². The molecule has 1 unspecified atom stereocenters. The van der Waals surface area contributed by atoms with Crippen molar-refractivity contribution in [3.8, 4) is 22.9 Å². The molecule has 0 radical (unpaired) electrons. The molecule has 0 saturated carbocycles. The van der Waals surface area contributed by atoms with Gasteiger partial charge in [0.05, 0.1) is 19.1 Å². The minimum atomic E-state index is -0.112. The second kappa shape index (κ2) is 9.61. The highest BCUT2D eigenvalue weighted by Crippen LogP contribution is 2.34. The minimum Gasteiger partial charge on any atom is -0.493 e. The quantitative estimate of drug-likeness (QED) is 0.488. The molecule has 1 saturated heterocycles. The van der Waals surface area contributed by atoms with E-state index in [2.05, 4.69) is 10.1 Å². The zero-order chi connectivity index (χ0) is 22.7. The van der Waals surface area contributed by atoms with Crippen molar-refractivity contribution < 1.29 is 18.8 Å². The summed E-state index contributed by atoms with van der Waals surface area (Å²) in [5.41, 5.74) is 1.90. The molecule has 0 aliphatic carbocycles. The molecule has 1 atom stereocenters. The maximum absolute atomic E-state index is 12.5. The molecule has 1 fully saturated rings. The van der Waals surface area contributed by atoms with E-state index in [0.29, 0.717) is 47.7 Å². The molecule has 1 amide bonds. The third-order valence-electron chi connectivity index (χ3n) is 5.37. The number of benzene rings is 2. The Hall–Kier alpha value is -3.06. The maximum atomic E-state index is 12.5. The smallest absolute Gasteiger partial charge is 0.232 e. The second-order valence-corrected chi connectivity index (χ2v) is 8.54. The van der Waals surface area contributed by atoms with Crippen LogP contribution >= 0.6 is 11.6 Å². The van der Waals surface area contributed by atoms with Gasteiger partial charge < -0.3 is 18.9 Å². The van der Waals surface area contributed by atoms with E-state index in [1.54, 1.807) is 7.11 Å². The molecular formula is C24H26ClN3O4. The summed E-state index contributed by atoms with van der Waals surface area (Å²) in [6, 6.07) is 13.2. The van der Waals surface area contributed by atoms with E-state index in [-0.39, 0.29) is 17.9 Å². The van der Waals surface area contributed by atoms with Gasteiger partial charge in [0.25, 0.3) is 0 Å². The Morgan fingerprint density at radius 3 is 2.69 bits per heavy atom. The number of hydrogen-bond acceptors (Lipinski definition) is 6. The van der Waals surface area contributed by atoms with Gasteiger partial charge in [0.1, 0.15) is 0 Å². The molecule has 3 aromatic rings. The van der Waals surface area contributed by atoms with Crippen LogP contribution in [0.15, 0.2) is 47.0 Å². The first-order valence-corrected chi connectivity index (χ1v) is 11.0. The summed E-state index contributed by atoms with van der Waals surface area (Å²) in [5, 5.41) is 4.83. The van der Waals surface area contributed by atoms with Gasteiger partial charge in [-0.3, -0.25) is 4.79 Å². The summed E-state index contributed by atoms with van der Waals surface area (Å²) in [5.74, 6) is 2.19. The molecule has 2 aromatic carbocycles. The number of halogens is 1. The number of carbonyl (C=O) groups excluding carboxylic acids is 1. The van der Waals surface area contributed by atoms with Gasteiger partial charge in [-0.2, -0.15) is 4.98 Å². The van der Waals surface area contributed by atoms with E-state index < -0.39 is 0 Å². The van der Waals surface area contributed by atoms with Crippen LogP contribution in [-0.4, -0.2) is 47.3 Å². The fraction of sp³-hybridized carbons (Fsp3) is 0.375. The number of nitrogens with zero attached hydrogens (tertiary/aromatic N) is 3. The number of hydrogen-bond donors (Lipinski definition) is 0. The topological polar surface area (TPSA) is 77.7 Å². The van der Waals surface area contributed by atoms with Crippen molar-refractivity contribution in [3.63, 3.8) is 0 Å². The average molecular weight is 456 g/mol. The van der Waals surface area contributed by atoms with Crippen LogP contribution < -0.4 is 9.47 Å². The third kappa shape index (κ3) is 5.05. The summed E-state index contributed by atoms with van der Waals surface area (Å²) in [7, 11) is 1.59. The van der Waals surface area contributed by atoms with Gasteiger partial charge in [0, 0.05) is 30.1 Å². The van der Waals surface area contributed by atoms with Crippen molar-refractivity contribution in [2.75, 3.05) is 20.2 Å². The Kier molecular flexibility index (Phi) is 6.65. The molecule has 8 heteroatoms. The Balaban J connectivity index is 1.42. The van der Waals surface area contributed by atoms with Gasteiger partial charge in [-0.15, -0.1) is 0 Å². The standard InChI is InChI=1S/C24H26ClN3O4/c1-15(2)31-20-9-6-17(12-21(20)30-3)23-26-24(32-27-23)18-13-22(29)28(14-18)11-10-16-4-7-19(25)8-5-16/h4-9,12,15,18H,10-11,13-14H2,1-3H3. The van der Waals surface area contributed by atoms with Crippen molar-refractivity contribution in [2.45, 2.75) is 38.7 Å². The van der Waals surface area contributed by atoms with E-state index in [9.17, 15) is 4.79 Å². The molecule has 1 aliphatic rings. The molecular weight excluding hydrogens is 430 g/mol. The molecule has 4 rings (SSSR count). The largest absolute Gasteiger partial charge is 0.493 e. The van der Waals surface area contributed by atoms with Crippen molar-refractivity contribution in [1.82, 2.24) is 15.0 Å². The Bertz CT molecular complexity index is 1080. The lowest BCUT2D eigenvalue weighted by Crippen LogP contribution is -2.27. The van der Waals surface area contributed by atoms with Gasteiger partial charge in [-0.05, 0) is 56.2 Å². The fourth-order valence-corrected chi connectivity index (χ4v) is 3.87. The van der Waals surface area contributed by atoms with E-state index in [0.717, 1.165) is 17.5 Å². The van der Waals surface area contributed by atoms with Gasteiger partial charge in [0.2, 0.25) is 17.6 Å². The lowest BCUT2D eigenvalue weighted by Gasteiger charge is -2.15. The molecule has 1 aromatic heterocycles. The number of likely N-dealkylation sites (tertiary alicyclic amines) is 1. The van der Waals surface area contributed by atoms with Crippen LogP contribution in [0.25, 0.3) is 11.4 Å². The number of aromatic nitrogens is 2. The van der Waals surface area contributed by atoms with Crippen molar-refractivity contribution >= 4 is 17.5 Å². The maximum Gasteiger partial charge on any atom is 0.232 e. The van der Waals surface area contributed by atoms with Crippen molar-refractivity contribution in [2.24, 2.45) is 0 Å². The number of rotatable bonds is 8. The molecule has 0 bridgehead atoms. The van der Waals surface area contributed by atoms with Gasteiger partial charge in [0.15, 0.2) is 11.5 Å². The second-order valence-electron chi connectivity index (χ2n) is 8.11. The van der Waals surface area contributed by atoms with Gasteiger partial charge in [-0.25, -0.2) is 0 Å². The van der Waals surface area contributed by atoms with Crippen molar-refractivity contribution in [3.05, 3.63) is 58.9 Å². The normalized spacial score (nSPS) is 16.1. The van der Waals surface area contributed by atoms with E-state index >= 15 is 0 Å². The summed E-state index contributed by atoms with van der Waals surface area (Å²) in [4.78, 5) is 18.9. The highest BCUT2D eigenvalue weighted by molar-refractivity contribution is 6.30. The van der Waals surface area contributed by atoms with Crippen LogP contribution in [0, 0.1) is 0 Å². The highest BCUT2D eigenvalue weighted by Gasteiger charge is 2.34. The zero-order valence-electron chi connectivity index (χ0n) is 18.4. The first kappa shape index (κ1) is 22.1. The molecule has 32 heavy (non-hydrogen) atoms. The first-order valence-electron chi connectivity index (χ1n) is 10.6. The Morgan fingerprint density at radius 1 is 1.19 bits per heavy atom. The third-order valence-corrected chi connectivity index (χ3v) is 5.63. The number of carbonyl (C=O) groups is 1. The number of methoxy groups -OCH3 is 1. The molecule has 0 N–H and O–H groups in total. The van der Waals surface area contributed by atoms with E-state index in [1.165, 1.54) is 0 Å². The predicted molar refractivity (Wildman–Crippen MR) is 121 cm³/mol. The number of amides is 1. The lowest BCUT2D eigenvalue weighted by molar-refractivity contribution is -0.127. The zero-order valence-corrected chi connectivity index (χ0v) is 19.1. The van der Waals surface area contributed by atoms with Crippen molar-refractivity contribution in [1.29, 1.82) is 0 Å². The summed E-state index contributed by atoms with van der Waals surface area (Å²) in [6.45, 7) is 5.13. The molecule has 0 spiro atoms. The lowest BCUT2D eigenvalue weighted by atomic mass is 10.1. The summed E-state index contributed by atoms with van der Waals surface area (Å²) < 4.78 is 16.7.